The molecule has 2 rings (SSSR count). The van der Waals surface area contributed by atoms with Gasteiger partial charge in [-0.25, -0.2) is 4.39 Å². The Hall–Kier alpha value is -1.88. The highest BCUT2D eigenvalue weighted by Gasteiger charge is 2.13. The van der Waals surface area contributed by atoms with E-state index in [1.165, 1.54) is 18.7 Å². The maximum absolute atomic E-state index is 14.1. The second-order valence-electron chi connectivity index (χ2n) is 5.04. The van der Waals surface area contributed by atoms with Gasteiger partial charge >= 0.3 is 5.97 Å². The molecule has 2 aromatic carbocycles. The molecular formula is C18H18BrFO3. The van der Waals surface area contributed by atoms with E-state index in [9.17, 15) is 9.18 Å². The maximum Gasteiger partial charge on any atom is 0.309 e. The number of hydrogen-bond acceptors (Lipinski definition) is 3. The first-order valence-corrected chi connectivity index (χ1v) is 8.08. The third-order valence-corrected chi connectivity index (χ3v) is 4.17. The summed E-state index contributed by atoms with van der Waals surface area (Å²) in [5, 5.41) is 0. The number of carbonyl (C=O) groups excluding carboxylic acids is 1. The molecule has 23 heavy (non-hydrogen) atoms. The van der Waals surface area contributed by atoms with Gasteiger partial charge in [-0.1, -0.05) is 25.1 Å². The summed E-state index contributed by atoms with van der Waals surface area (Å²) in [7, 11) is 1.31. The van der Waals surface area contributed by atoms with E-state index in [0.29, 0.717) is 16.9 Å². The molecule has 0 saturated carbocycles. The SMILES string of the molecule is CCc1ccc(OCc2c(F)cccc2CC(=O)OC)c(Br)c1. The van der Waals surface area contributed by atoms with Crippen molar-refractivity contribution in [1.82, 2.24) is 0 Å². The monoisotopic (exact) mass is 380 g/mol. The molecule has 0 amide bonds. The third-order valence-electron chi connectivity index (χ3n) is 3.55. The van der Waals surface area contributed by atoms with E-state index in [2.05, 4.69) is 27.6 Å². The Morgan fingerprint density at radius 3 is 2.70 bits per heavy atom. The minimum absolute atomic E-state index is 0.0168. The van der Waals surface area contributed by atoms with Crippen molar-refractivity contribution in [3.05, 3.63) is 63.4 Å². The predicted molar refractivity (Wildman–Crippen MR) is 90.0 cm³/mol. The number of carbonyl (C=O) groups is 1. The number of aryl methyl sites for hydroxylation is 1. The van der Waals surface area contributed by atoms with Crippen LogP contribution in [0.25, 0.3) is 0 Å². The van der Waals surface area contributed by atoms with Crippen LogP contribution in [0.15, 0.2) is 40.9 Å². The van der Waals surface area contributed by atoms with Crippen molar-refractivity contribution in [2.24, 2.45) is 0 Å². The van der Waals surface area contributed by atoms with E-state index in [-0.39, 0.29) is 13.0 Å². The standard InChI is InChI=1S/C18H18BrFO3/c1-3-12-7-8-17(15(19)9-12)23-11-14-13(10-18(21)22-2)5-4-6-16(14)20/h4-9H,3,10-11H2,1-2H3. The zero-order valence-electron chi connectivity index (χ0n) is 13.1. The van der Waals surface area contributed by atoms with Crippen molar-refractivity contribution in [3.8, 4) is 5.75 Å². The summed E-state index contributed by atoms with van der Waals surface area (Å²) in [5.74, 6) is -0.174. The summed E-state index contributed by atoms with van der Waals surface area (Å²) in [5.41, 5.74) is 2.11. The summed E-state index contributed by atoms with van der Waals surface area (Å²) >= 11 is 3.46. The molecule has 0 fully saturated rings. The third kappa shape index (κ3) is 4.55. The quantitative estimate of drug-likeness (QED) is 0.694. The van der Waals surface area contributed by atoms with Crippen LogP contribution in [0.3, 0.4) is 0 Å². The second-order valence-corrected chi connectivity index (χ2v) is 5.89. The van der Waals surface area contributed by atoms with Crippen molar-refractivity contribution in [3.63, 3.8) is 0 Å². The largest absolute Gasteiger partial charge is 0.488 e. The van der Waals surface area contributed by atoms with Crippen LogP contribution in [-0.4, -0.2) is 13.1 Å². The van der Waals surface area contributed by atoms with Crippen LogP contribution >= 0.6 is 15.9 Å². The first kappa shape index (κ1) is 17.5. The van der Waals surface area contributed by atoms with Crippen LogP contribution in [0, 0.1) is 5.82 Å². The summed E-state index contributed by atoms with van der Waals surface area (Å²) < 4.78 is 25.3. The summed E-state index contributed by atoms with van der Waals surface area (Å²) in [6.07, 6.45) is 0.943. The van der Waals surface area contributed by atoms with Crippen LogP contribution in [-0.2, 0) is 29.0 Å². The van der Waals surface area contributed by atoms with Crippen LogP contribution in [0.2, 0.25) is 0 Å². The Labute approximate surface area is 143 Å². The lowest BCUT2D eigenvalue weighted by molar-refractivity contribution is -0.139. The number of benzene rings is 2. The number of methoxy groups -OCH3 is 1. The number of esters is 1. The summed E-state index contributed by atoms with van der Waals surface area (Å²) in [6.45, 7) is 2.11. The average molecular weight is 381 g/mol. The summed E-state index contributed by atoms with van der Waals surface area (Å²) in [4.78, 5) is 11.5. The number of halogens is 2. The van der Waals surface area contributed by atoms with Gasteiger partial charge in [0.25, 0.3) is 0 Å². The zero-order chi connectivity index (χ0) is 16.8. The first-order chi connectivity index (χ1) is 11.0. The Kier molecular flexibility index (Phi) is 6.16. The smallest absolute Gasteiger partial charge is 0.309 e. The van der Waals surface area contributed by atoms with Gasteiger partial charge in [0.05, 0.1) is 18.0 Å². The molecule has 0 atom stereocenters. The lowest BCUT2D eigenvalue weighted by Crippen LogP contribution is -2.10. The molecule has 0 aliphatic rings. The number of rotatable bonds is 6. The molecule has 0 bridgehead atoms. The van der Waals surface area contributed by atoms with Crippen molar-refractivity contribution >= 4 is 21.9 Å². The fourth-order valence-corrected chi connectivity index (χ4v) is 2.73. The van der Waals surface area contributed by atoms with Crippen LogP contribution in [0.4, 0.5) is 4.39 Å². The molecule has 0 radical (unpaired) electrons. The predicted octanol–water partition coefficient (Wildman–Crippen LogP) is 4.45. The minimum atomic E-state index is -0.412. The Bertz CT molecular complexity index is 701. The molecule has 0 aromatic heterocycles. The highest BCUT2D eigenvalue weighted by molar-refractivity contribution is 9.10. The van der Waals surface area contributed by atoms with E-state index in [1.54, 1.807) is 12.1 Å². The van der Waals surface area contributed by atoms with Crippen LogP contribution in [0.1, 0.15) is 23.6 Å². The van der Waals surface area contributed by atoms with Crippen molar-refractivity contribution < 1.29 is 18.7 Å². The van der Waals surface area contributed by atoms with Gasteiger partial charge in [0.1, 0.15) is 18.2 Å². The van der Waals surface area contributed by atoms with Gasteiger partial charge in [0.15, 0.2) is 0 Å². The van der Waals surface area contributed by atoms with Gasteiger partial charge in [-0.15, -0.1) is 0 Å². The molecule has 2 aromatic rings. The fourth-order valence-electron chi connectivity index (χ4n) is 2.19. The second kappa shape index (κ2) is 8.11. The van der Waals surface area contributed by atoms with Gasteiger partial charge in [0.2, 0.25) is 0 Å². The van der Waals surface area contributed by atoms with Crippen molar-refractivity contribution in [1.29, 1.82) is 0 Å². The van der Waals surface area contributed by atoms with Gasteiger partial charge in [-0.2, -0.15) is 0 Å². The molecule has 0 aliphatic heterocycles. The molecule has 0 aliphatic carbocycles. The van der Waals surface area contributed by atoms with Crippen molar-refractivity contribution in [2.75, 3.05) is 7.11 Å². The average Bonchev–Trinajstić information content (AvgIpc) is 2.55. The minimum Gasteiger partial charge on any atom is -0.488 e. The zero-order valence-corrected chi connectivity index (χ0v) is 14.7. The lowest BCUT2D eigenvalue weighted by Gasteiger charge is -2.13. The van der Waals surface area contributed by atoms with Gasteiger partial charge < -0.3 is 9.47 Å². The molecule has 5 heteroatoms. The van der Waals surface area contributed by atoms with E-state index in [0.717, 1.165) is 10.9 Å². The Morgan fingerprint density at radius 1 is 1.26 bits per heavy atom. The first-order valence-electron chi connectivity index (χ1n) is 7.29. The van der Waals surface area contributed by atoms with Gasteiger partial charge in [-0.05, 0) is 51.7 Å². The van der Waals surface area contributed by atoms with Gasteiger partial charge in [-0.3, -0.25) is 4.79 Å². The summed E-state index contributed by atoms with van der Waals surface area (Å²) in [6, 6.07) is 10.4. The molecular weight excluding hydrogens is 363 g/mol. The van der Waals surface area contributed by atoms with E-state index < -0.39 is 11.8 Å². The Morgan fingerprint density at radius 2 is 2.04 bits per heavy atom. The van der Waals surface area contributed by atoms with Crippen molar-refractivity contribution in [2.45, 2.75) is 26.4 Å². The molecule has 0 saturated heterocycles. The topological polar surface area (TPSA) is 35.5 Å². The number of hydrogen-bond donors (Lipinski definition) is 0. The fraction of sp³-hybridized carbons (Fsp3) is 0.278. The normalized spacial score (nSPS) is 10.4. The van der Waals surface area contributed by atoms with E-state index in [1.807, 2.05) is 18.2 Å². The maximum atomic E-state index is 14.1. The molecule has 0 unspecified atom stereocenters. The molecule has 3 nitrogen and oxygen atoms in total. The van der Waals surface area contributed by atoms with Crippen LogP contribution in [0.5, 0.6) is 5.75 Å². The molecule has 0 N–H and O–H groups in total. The highest BCUT2D eigenvalue weighted by atomic mass is 79.9. The van der Waals surface area contributed by atoms with E-state index in [4.69, 9.17) is 4.74 Å². The Balaban J connectivity index is 2.18. The van der Waals surface area contributed by atoms with Crippen LogP contribution < -0.4 is 4.74 Å². The molecule has 0 spiro atoms. The van der Waals surface area contributed by atoms with Gasteiger partial charge in [0, 0.05) is 5.56 Å². The number of ether oxygens (including phenoxy) is 2. The van der Waals surface area contributed by atoms with E-state index >= 15 is 0 Å². The molecule has 122 valence electrons. The molecule has 0 heterocycles. The lowest BCUT2D eigenvalue weighted by atomic mass is 10.0. The highest BCUT2D eigenvalue weighted by Crippen LogP contribution is 2.28.